The number of benzene rings is 2. The lowest BCUT2D eigenvalue weighted by molar-refractivity contribution is -0.0627. The van der Waals surface area contributed by atoms with Crippen LogP contribution in [0.15, 0.2) is 42.5 Å². The van der Waals surface area contributed by atoms with Gasteiger partial charge in [0.1, 0.15) is 17.5 Å². The molecular formula is C21H20N2O4. The van der Waals surface area contributed by atoms with Crippen LogP contribution in [-0.2, 0) is 0 Å². The first-order chi connectivity index (χ1) is 12.7. The molecule has 2 atom stereocenters. The van der Waals surface area contributed by atoms with Crippen molar-refractivity contribution in [2.45, 2.75) is 38.5 Å². The van der Waals surface area contributed by atoms with Gasteiger partial charge < -0.3 is 15.2 Å². The molecule has 0 saturated carbocycles. The highest BCUT2D eigenvalue weighted by Crippen LogP contribution is 2.40. The molecule has 2 aromatic rings. The number of amides is 1. The minimum absolute atomic E-state index is 0.121. The molecule has 2 aromatic carbocycles. The SMILES string of the molecule is CC(=O)c1ccc2c(c1)[C@@H](NC(=O)c1cccc(C#N)c1)[C@H](O)C(C)(C)O2. The molecule has 0 bridgehead atoms. The van der Waals surface area contributed by atoms with Gasteiger partial charge in [0, 0.05) is 16.7 Å². The van der Waals surface area contributed by atoms with E-state index in [1.807, 2.05) is 6.07 Å². The van der Waals surface area contributed by atoms with Crippen molar-refractivity contribution in [3.8, 4) is 11.8 Å². The third-order valence-electron chi connectivity index (χ3n) is 4.69. The van der Waals surface area contributed by atoms with Crippen molar-refractivity contribution < 1.29 is 19.4 Å². The van der Waals surface area contributed by atoms with E-state index in [0.29, 0.717) is 28.0 Å². The van der Waals surface area contributed by atoms with Crippen LogP contribution in [0.4, 0.5) is 0 Å². The summed E-state index contributed by atoms with van der Waals surface area (Å²) in [6, 6.07) is 12.5. The zero-order valence-corrected chi connectivity index (χ0v) is 15.3. The Kier molecular flexibility index (Phi) is 4.73. The number of carbonyl (C=O) groups is 2. The maximum absolute atomic E-state index is 12.7. The summed E-state index contributed by atoms with van der Waals surface area (Å²) in [5.41, 5.74) is 0.760. The van der Waals surface area contributed by atoms with Gasteiger partial charge >= 0.3 is 0 Å². The molecule has 0 unspecified atom stereocenters. The Morgan fingerprint density at radius 1 is 1.19 bits per heavy atom. The molecule has 2 N–H and O–H groups in total. The topological polar surface area (TPSA) is 99.4 Å². The van der Waals surface area contributed by atoms with E-state index in [2.05, 4.69) is 5.32 Å². The molecule has 1 heterocycles. The quantitative estimate of drug-likeness (QED) is 0.816. The van der Waals surface area contributed by atoms with Gasteiger partial charge in [0.2, 0.25) is 0 Å². The Morgan fingerprint density at radius 3 is 2.59 bits per heavy atom. The Bertz CT molecular complexity index is 959. The van der Waals surface area contributed by atoms with Gasteiger partial charge in [-0.15, -0.1) is 0 Å². The van der Waals surface area contributed by atoms with E-state index in [1.54, 1.807) is 50.2 Å². The van der Waals surface area contributed by atoms with Gasteiger partial charge in [-0.25, -0.2) is 0 Å². The Labute approximate surface area is 157 Å². The van der Waals surface area contributed by atoms with Crippen LogP contribution in [-0.4, -0.2) is 28.5 Å². The van der Waals surface area contributed by atoms with E-state index in [-0.39, 0.29) is 5.78 Å². The summed E-state index contributed by atoms with van der Waals surface area (Å²) >= 11 is 0. The molecule has 0 aromatic heterocycles. The van der Waals surface area contributed by atoms with Crippen LogP contribution in [0, 0.1) is 11.3 Å². The molecular weight excluding hydrogens is 344 g/mol. The average molecular weight is 364 g/mol. The monoisotopic (exact) mass is 364 g/mol. The zero-order valence-electron chi connectivity index (χ0n) is 15.3. The molecule has 0 saturated heterocycles. The Morgan fingerprint density at radius 2 is 1.93 bits per heavy atom. The molecule has 27 heavy (non-hydrogen) atoms. The second-order valence-electron chi connectivity index (χ2n) is 7.10. The summed E-state index contributed by atoms with van der Waals surface area (Å²) < 4.78 is 5.86. The molecule has 1 aliphatic rings. The van der Waals surface area contributed by atoms with Gasteiger partial charge in [0.05, 0.1) is 17.7 Å². The average Bonchev–Trinajstić information content (AvgIpc) is 2.64. The van der Waals surface area contributed by atoms with E-state index >= 15 is 0 Å². The maximum atomic E-state index is 12.7. The van der Waals surface area contributed by atoms with Gasteiger partial charge in [0.15, 0.2) is 5.78 Å². The fourth-order valence-corrected chi connectivity index (χ4v) is 3.13. The minimum Gasteiger partial charge on any atom is -0.485 e. The zero-order chi connectivity index (χ0) is 19.8. The Balaban J connectivity index is 2.00. The number of aliphatic hydroxyl groups is 1. The molecule has 6 heteroatoms. The number of nitrogens with zero attached hydrogens (tertiary/aromatic N) is 1. The highest BCUT2D eigenvalue weighted by molar-refractivity contribution is 5.96. The smallest absolute Gasteiger partial charge is 0.251 e. The van der Waals surface area contributed by atoms with Gasteiger partial charge in [-0.1, -0.05) is 6.07 Å². The highest BCUT2D eigenvalue weighted by atomic mass is 16.5. The van der Waals surface area contributed by atoms with E-state index < -0.39 is 23.7 Å². The standard InChI is InChI=1S/C21H20N2O4/c1-12(24)14-7-8-17-16(10-14)18(19(25)21(2,3)27-17)23-20(26)15-6-4-5-13(9-15)11-22/h4-10,18-19,25H,1-3H3,(H,23,26)/t18-,19+/m1/s1. The van der Waals surface area contributed by atoms with Crippen molar-refractivity contribution in [3.63, 3.8) is 0 Å². The summed E-state index contributed by atoms with van der Waals surface area (Å²) in [5, 5.41) is 22.6. The lowest BCUT2D eigenvalue weighted by Crippen LogP contribution is -2.53. The number of fused-ring (bicyclic) bond motifs is 1. The van der Waals surface area contributed by atoms with E-state index in [0.717, 1.165) is 0 Å². The number of rotatable bonds is 3. The summed E-state index contributed by atoms with van der Waals surface area (Å²) in [7, 11) is 0. The van der Waals surface area contributed by atoms with Gasteiger partial charge in [-0.05, 0) is 57.2 Å². The number of ketones is 1. The molecule has 3 rings (SSSR count). The first-order valence-corrected chi connectivity index (χ1v) is 8.56. The number of ether oxygens (including phenoxy) is 1. The van der Waals surface area contributed by atoms with E-state index in [4.69, 9.17) is 10.00 Å². The van der Waals surface area contributed by atoms with Crippen LogP contribution in [0.1, 0.15) is 58.7 Å². The van der Waals surface area contributed by atoms with Crippen LogP contribution in [0.5, 0.6) is 5.75 Å². The van der Waals surface area contributed by atoms with Gasteiger partial charge in [-0.2, -0.15) is 5.26 Å². The predicted octanol–water partition coefficient (Wildman–Crippen LogP) is 2.76. The molecule has 0 spiro atoms. The molecule has 6 nitrogen and oxygen atoms in total. The largest absolute Gasteiger partial charge is 0.485 e. The maximum Gasteiger partial charge on any atom is 0.251 e. The number of hydrogen-bond acceptors (Lipinski definition) is 5. The van der Waals surface area contributed by atoms with Crippen LogP contribution < -0.4 is 10.1 Å². The molecule has 1 aliphatic heterocycles. The van der Waals surface area contributed by atoms with Crippen molar-refractivity contribution in [2.24, 2.45) is 0 Å². The number of Topliss-reactive ketones (excluding diaryl/α,β-unsaturated/α-hetero) is 1. The first-order valence-electron chi connectivity index (χ1n) is 8.56. The van der Waals surface area contributed by atoms with Crippen molar-refractivity contribution in [3.05, 3.63) is 64.7 Å². The van der Waals surface area contributed by atoms with Crippen molar-refractivity contribution in [1.82, 2.24) is 5.32 Å². The predicted molar refractivity (Wildman–Crippen MR) is 98.5 cm³/mol. The molecule has 1 amide bonds. The lowest BCUT2D eigenvalue weighted by atomic mass is 9.85. The van der Waals surface area contributed by atoms with Crippen LogP contribution in [0.2, 0.25) is 0 Å². The third-order valence-corrected chi connectivity index (χ3v) is 4.69. The van der Waals surface area contributed by atoms with Crippen molar-refractivity contribution in [2.75, 3.05) is 0 Å². The fraction of sp³-hybridized carbons (Fsp3) is 0.286. The summed E-state index contributed by atoms with van der Waals surface area (Å²) in [4.78, 5) is 24.5. The molecule has 0 radical (unpaired) electrons. The summed E-state index contributed by atoms with van der Waals surface area (Å²) in [6.45, 7) is 4.91. The minimum atomic E-state index is -1.03. The number of carbonyl (C=O) groups excluding carboxylic acids is 2. The number of aliphatic hydroxyl groups excluding tert-OH is 1. The molecule has 0 aliphatic carbocycles. The van der Waals surface area contributed by atoms with Crippen LogP contribution >= 0.6 is 0 Å². The lowest BCUT2D eigenvalue weighted by Gasteiger charge is -2.42. The first kappa shape index (κ1) is 18.6. The summed E-state index contributed by atoms with van der Waals surface area (Å²) in [5.74, 6) is -0.0386. The number of hydrogen-bond donors (Lipinski definition) is 2. The second kappa shape index (κ2) is 6.86. The van der Waals surface area contributed by atoms with Gasteiger partial charge in [0.25, 0.3) is 5.91 Å². The number of nitrogens with one attached hydrogen (secondary N) is 1. The number of nitriles is 1. The summed E-state index contributed by atoms with van der Waals surface area (Å²) in [6.07, 6.45) is -1.03. The fourth-order valence-electron chi connectivity index (χ4n) is 3.13. The molecule has 0 fully saturated rings. The van der Waals surface area contributed by atoms with Crippen LogP contribution in [0.3, 0.4) is 0 Å². The third kappa shape index (κ3) is 3.55. The Hall–Kier alpha value is -3.17. The molecule has 138 valence electrons. The van der Waals surface area contributed by atoms with E-state index in [9.17, 15) is 14.7 Å². The van der Waals surface area contributed by atoms with Crippen molar-refractivity contribution >= 4 is 11.7 Å². The normalized spacial score (nSPS) is 20.0. The van der Waals surface area contributed by atoms with E-state index in [1.165, 1.54) is 13.0 Å². The van der Waals surface area contributed by atoms with Crippen molar-refractivity contribution in [1.29, 1.82) is 5.26 Å². The van der Waals surface area contributed by atoms with Gasteiger partial charge in [-0.3, -0.25) is 9.59 Å². The second-order valence-corrected chi connectivity index (χ2v) is 7.10. The van der Waals surface area contributed by atoms with Crippen LogP contribution in [0.25, 0.3) is 0 Å². The highest BCUT2D eigenvalue weighted by Gasteiger charge is 2.43.